The van der Waals surface area contributed by atoms with Gasteiger partial charge < -0.3 is 24.3 Å². The van der Waals surface area contributed by atoms with E-state index in [4.69, 9.17) is 21.1 Å². The van der Waals surface area contributed by atoms with Crippen LogP contribution in [0.5, 0.6) is 5.75 Å². The van der Waals surface area contributed by atoms with Gasteiger partial charge in [0.1, 0.15) is 5.75 Å². The highest BCUT2D eigenvalue weighted by molar-refractivity contribution is 6.32. The highest BCUT2D eigenvalue weighted by atomic mass is 35.5. The molecule has 4 aromatic carbocycles. The summed E-state index contributed by atoms with van der Waals surface area (Å²) in [6.07, 6.45) is 1.01. The summed E-state index contributed by atoms with van der Waals surface area (Å²) in [5, 5.41) is 7.71. The fraction of sp³-hybridized carbons (Fsp3) is 0.219. The monoisotopic (exact) mass is 556 g/mol. The Labute approximate surface area is 238 Å². The molecule has 0 aliphatic rings. The Balaban J connectivity index is 1.40. The number of benzene rings is 4. The Morgan fingerprint density at radius 1 is 0.925 bits per heavy atom. The van der Waals surface area contributed by atoms with Gasteiger partial charge in [0.05, 0.1) is 12.6 Å². The van der Waals surface area contributed by atoms with Crippen LogP contribution in [0.25, 0.3) is 32.6 Å². The maximum absolute atomic E-state index is 12.7. The number of halogens is 1. The van der Waals surface area contributed by atoms with Crippen molar-refractivity contribution in [2.75, 3.05) is 34.4 Å². The lowest BCUT2D eigenvalue weighted by atomic mass is 10.1. The zero-order chi connectivity index (χ0) is 28.2. The molecular weight excluding hydrogens is 526 g/mol. The van der Waals surface area contributed by atoms with Crippen LogP contribution in [0.1, 0.15) is 12.0 Å². The van der Waals surface area contributed by atoms with E-state index in [2.05, 4.69) is 47.1 Å². The smallest absolute Gasteiger partial charge is 0.339 e. The van der Waals surface area contributed by atoms with Crippen molar-refractivity contribution in [3.8, 4) is 5.75 Å². The summed E-state index contributed by atoms with van der Waals surface area (Å²) in [5.41, 5.74) is 2.86. The van der Waals surface area contributed by atoms with Gasteiger partial charge in [-0.1, -0.05) is 54.1 Å². The molecule has 7 nitrogen and oxygen atoms in total. The Morgan fingerprint density at radius 2 is 1.70 bits per heavy atom. The summed E-state index contributed by atoms with van der Waals surface area (Å²) < 4.78 is 13.0. The third-order valence-corrected chi connectivity index (χ3v) is 7.08. The number of hydrogen-bond donors (Lipinski definition) is 1. The number of amides is 1. The Kier molecular flexibility index (Phi) is 8.24. The van der Waals surface area contributed by atoms with Gasteiger partial charge in [-0.2, -0.15) is 0 Å². The van der Waals surface area contributed by atoms with E-state index in [1.807, 2.05) is 36.4 Å². The van der Waals surface area contributed by atoms with Crippen LogP contribution in [0, 0.1) is 6.04 Å². The lowest BCUT2D eigenvalue weighted by Crippen LogP contribution is -2.38. The van der Waals surface area contributed by atoms with Crippen LogP contribution < -0.4 is 10.1 Å². The normalized spacial score (nSPS) is 11.6. The Hall–Kier alpha value is -4.07. The molecule has 0 fully saturated rings. The van der Waals surface area contributed by atoms with E-state index in [1.54, 1.807) is 24.3 Å². The molecule has 0 unspecified atom stereocenters. The minimum absolute atomic E-state index is 0.0693. The van der Waals surface area contributed by atoms with Gasteiger partial charge in [0, 0.05) is 33.2 Å². The van der Waals surface area contributed by atoms with Crippen molar-refractivity contribution in [1.82, 2.24) is 14.8 Å². The van der Waals surface area contributed by atoms with Gasteiger partial charge in [-0.15, -0.1) is 0 Å². The SMILES string of the molecule is COC(=O)[C](NC(=O)COc1ccc2c(ccc3c4cc(Cl)ccc4n(CCCN(C)C)c23)c1)c1ccccc1. The van der Waals surface area contributed by atoms with Crippen molar-refractivity contribution in [2.45, 2.75) is 13.0 Å². The van der Waals surface area contributed by atoms with E-state index in [1.165, 1.54) is 7.11 Å². The van der Waals surface area contributed by atoms with Gasteiger partial charge >= 0.3 is 5.97 Å². The highest BCUT2D eigenvalue weighted by Gasteiger charge is 2.25. The summed E-state index contributed by atoms with van der Waals surface area (Å²) in [5.74, 6) is -0.533. The summed E-state index contributed by atoms with van der Waals surface area (Å²) in [6.45, 7) is 1.60. The average molecular weight is 557 g/mol. The number of esters is 1. The molecule has 1 heterocycles. The second kappa shape index (κ2) is 12.0. The number of nitrogens with one attached hydrogen (secondary N) is 1. The number of nitrogens with zero attached hydrogens (tertiary/aromatic N) is 2. The minimum Gasteiger partial charge on any atom is -0.484 e. The number of carbonyl (C=O) groups is 2. The molecule has 0 saturated heterocycles. The second-order valence-corrected chi connectivity index (χ2v) is 10.3. The summed E-state index contributed by atoms with van der Waals surface area (Å²) >= 11 is 6.37. The molecule has 0 bridgehead atoms. The van der Waals surface area contributed by atoms with E-state index in [9.17, 15) is 9.59 Å². The van der Waals surface area contributed by atoms with Crippen molar-refractivity contribution in [2.24, 2.45) is 0 Å². The Bertz CT molecular complexity index is 1680. The topological polar surface area (TPSA) is 72.8 Å². The molecule has 5 rings (SSSR count). The van der Waals surface area contributed by atoms with E-state index >= 15 is 0 Å². The van der Waals surface area contributed by atoms with Gasteiger partial charge in [0.25, 0.3) is 5.91 Å². The minimum atomic E-state index is -0.628. The molecule has 8 heteroatoms. The first-order valence-electron chi connectivity index (χ1n) is 13.1. The molecule has 0 spiro atoms. The number of aromatic nitrogens is 1. The standard InChI is InChI=1S/C32H31ClN3O4/c1-35(2)16-7-17-36-28-15-11-23(33)19-27(28)26-13-10-22-18-24(12-14-25(22)31(26)36)40-20-29(37)34-30(32(38)39-3)21-8-5-4-6-9-21/h4-6,8-15,18-19H,7,16-17,20H2,1-3H3,(H,34,37). The van der Waals surface area contributed by atoms with E-state index in [0.29, 0.717) is 16.3 Å². The van der Waals surface area contributed by atoms with Crippen LogP contribution in [0.2, 0.25) is 5.02 Å². The van der Waals surface area contributed by atoms with Crippen molar-refractivity contribution in [3.63, 3.8) is 0 Å². The van der Waals surface area contributed by atoms with E-state index in [0.717, 1.165) is 52.1 Å². The molecule has 1 radical (unpaired) electrons. The molecule has 0 atom stereocenters. The molecule has 0 aliphatic heterocycles. The number of fused-ring (bicyclic) bond motifs is 5. The fourth-order valence-electron chi connectivity index (χ4n) is 5.02. The highest BCUT2D eigenvalue weighted by Crippen LogP contribution is 2.36. The van der Waals surface area contributed by atoms with Crippen LogP contribution in [0.4, 0.5) is 0 Å². The van der Waals surface area contributed by atoms with Crippen molar-refractivity contribution >= 4 is 56.1 Å². The quantitative estimate of drug-likeness (QED) is 0.220. The van der Waals surface area contributed by atoms with Gasteiger partial charge in [-0.05, 0) is 74.4 Å². The first-order chi connectivity index (χ1) is 19.4. The largest absolute Gasteiger partial charge is 0.484 e. The van der Waals surface area contributed by atoms with Crippen LogP contribution >= 0.6 is 11.6 Å². The first kappa shape index (κ1) is 27.5. The van der Waals surface area contributed by atoms with E-state index in [-0.39, 0.29) is 12.6 Å². The van der Waals surface area contributed by atoms with Crippen LogP contribution in [-0.4, -0.2) is 55.7 Å². The third-order valence-electron chi connectivity index (χ3n) is 6.85. The van der Waals surface area contributed by atoms with Crippen LogP contribution in [-0.2, 0) is 20.9 Å². The maximum Gasteiger partial charge on any atom is 0.339 e. The molecule has 40 heavy (non-hydrogen) atoms. The number of carbonyl (C=O) groups excluding carboxylic acids is 2. The predicted molar refractivity (Wildman–Crippen MR) is 160 cm³/mol. The van der Waals surface area contributed by atoms with Crippen molar-refractivity contribution < 1.29 is 19.1 Å². The number of methoxy groups -OCH3 is 1. The van der Waals surface area contributed by atoms with Crippen LogP contribution in [0.3, 0.4) is 0 Å². The van der Waals surface area contributed by atoms with Gasteiger partial charge in [0.2, 0.25) is 6.04 Å². The lowest BCUT2D eigenvalue weighted by Gasteiger charge is -2.16. The van der Waals surface area contributed by atoms with Crippen molar-refractivity contribution in [1.29, 1.82) is 0 Å². The number of hydrogen-bond acceptors (Lipinski definition) is 5. The number of rotatable bonds is 10. The summed E-state index contributed by atoms with van der Waals surface area (Å²) in [7, 11) is 5.44. The molecule has 0 aliphatic carbocycles. The van der Waals surface area contributed by atoms with Gasteiger partial charge in [-0.3, -0.25) is 4.79 Å². The lowest BCUT2D eigenvalue weighted by molar-refractivity contribution is -0.140. The zero-order valence-corrected chi connectivity index (χ0v) is 23.5. The summed E-state index contributed by atoms with van der Waals surface area (Å²) in [4.78, 5) is 27.1. The van der Waals surface area contributed by atoms with Crippen molar-refractivity contribution in [3.05, 3.63) is 95.5 Å². The molecule has 0 saturated carbocycles. The predicted octanol–water partition coefficient (Wildman–Crippen LogP) is 5.80. The average Bonchev–Trinajstić information content (AvgIpc) is 3.27. The van der Waals surface area contributed by atoms with Gasteiger partial charge in [0.15, 0.2) is 6.61 Å². The molecule has 5 aromatic rings. The summed E-state index contributed by atoms with van der Waals surface area (Å²) in [6, 6.07) is 25.0. The second-order valence-electron chi connectivity index (χ2n) is 9.88. The third kappa shape index (κ3) is 5.76. The fourth-order valence-corrected chi connectivity index (χ4v) is 5.19. The molecular formula is C32H31ClN3O4. The number of ether oxygens (including phenoxy) is 2. The van der Waals surface area contributed by atoms with Gasteiger partial charge in [-0.25, -0.2) is 4.79 Å². The molecule has 1 amide bonds. The Morgan fingerprint density at radius 3 is 2.45 bits per heavy atom. The maximum atomic E-state index is 12.7. The molecule has 1 N–H and O–H groups in total. The molecule has 1 aromatic heterocycles. The van der Waals surface area contributed by atoms with E-state index < -0.39 is 11.9 Å². The van der Waals surface area contributed by atoms with Crippen LogP contribution in [0.15, 0.2) is 78.9 Å². The number of aryl methyl sites for hydroxylation is 1. The molecule has 205 valence electrons. The zero-order valence-electron chi connectivity index (χ0n) is 22.7. The first-order valence-corrected chi connectivity index (χ1v) is 13.5.